The first-order valence-corrected chi connectivity index (χ1v) is 8.08. The molecule has 3 rings (SSSR count). The molecule has 0 spiro atoms. The van der Waals surface area contributed by atoms with Gasteiger partial charge in [-0.3, -0.25) is 0 Å². The number of aromatic nitrogens is 2. The third-order valence-electron chi connectivity index (χ3n) is 3.31. The Balaban J connectivity index is 1.68. The summed E-state index contributed by atoms with van der Waals surface area (Å²) in [5.41, 5.74) is 2.82. The lowest BCUT2D eigenvalue weighted by Crippen LogP contribution is -1.91. The van der Waals surface area contributed by atoms with Crippen molar-refractivity contribution in [1.29, 1.82) is 0 Å². The molecule has 23 heavy (non-hydrogen) atoms. The molecule has 0 saturated heterocycles. The average molecular weight is 326 g/mol. The Labute approximate surface area is 138 Å². The summed E-state index contributed by atoms with van der Waals surface area (Å²) in [6.45, 7) is 0. The first kappa shape index (κ1) is 15.5. The smallest absolute Gasteiger partial charge is 0.123 e. The molecule has 0 saturated carbocycles. The van der Waals surface area contributed by atoms with Crippen LogP contribution in [0.25, 0.3) is 11.3 Å². The van der Waals surface area contributed by atoms with Gasteiger partial charge in [0.2, 0.25) is 0 Å². The zero-order valence-corrected chi connectivity index (χ0v) is 13.4. The molecule has 0 unspecified atom stereocenters. The Bertz CT molecular complexity index is 776. The number of methoxy groups -OCH3 is 1. The highest BCUT2D eigenvalue weighted by Crippen LogP contribution is 2.24. The Morgan fingerprint density at radius 3 is 2.52 bits per heavy atom. The average Bonchev–Trinajstić information content (AvgIpc) is 2.62. The Morgan fingerprint density at radius 2 is 1.83 bits per heavy atom. The molecule has 2 aromatic carbocycles. The summed E-state index contributed by atoms with van der Waals surface area (Å²) >= 11 is 1.57. The van der Waals surface area contributed by atoms with Crippen LogP contribution in [0.2, 0.25) is 0 Å². The molecule has 0 fully saturated rings. The monoisotopic (exact) mass is 326 g/mol. The number of thioether (sulfide) groups is 1. The van der Waals surface area contributed by atoms with Gasteiger partial charge >= 0.3 is 0 Å². The van der Waals surface area contributed by atoms with E-state index in [1.54, 1.807) is 31.0 Å². The van der Waals surface area contributed by atoms with Crippen LogP contribution in [-0.4, -0.2) is 17.3 Å². The summed E-state index contributed by atoms with van der Waals surface area (Å²) in [6, 6.07) is 18.1. The molecular weight excluding hydrogens is 311 g/mol. The fourth-order valence-corrected chi connectivity index (χ4v) is 2.84. The van der Waals surface area contributed by atoms with E-state index in [1.165, 1.54) is 12.1 Å². The number of nitrogens with zero attached hydrogens (tertiary/aromatic N) is 2. The summed E-state index contributed by atoms with van der Waals surface area (Å²) in [4.78, 5) is 0. The molecular formula is C18H15FN2OS. The summed E-state index contributed by atoms with van der Waals surface area (Å²) < 4.78 is 18.1. The van der Waals surface area contributed by atoms with Crippen molar-refractivity contribution in [2.24, 2.45) is 0 Å². The van der Waals surface area contributed by atoms with E-state index in [2.05, 4.69) is 10.2 Å². The predicted octanol–water partition coefficient (Wildman–Crippen LogP) is 4.58. The van der Waals surface area contributed by atoms with Gasteiger partial charge in [0, 0.05) is 11.3 Å². The van der Waals surface area contributed by atoms with Crippen molar-refractivity contribution < 1.29 is 9.13 Å². The molecule has 0 N–H and O–H groups in total. The van der Waals surface area contributed by atoms with E-state index in [0.29, 0.717) is 0 Å². The van der Waals surface area contributed by atoms with Crippen molar-refractivity contribution in [1.82, 2.24) is 10.2 Å². The van der Waals surface area contributed by atoms with Crippen LogP contribution in [0.15, 0.2) is 65.7 Å². The molecule has 0 radical (unpaired) electrons. The van der Waals surface area contributed by atoms with Crippen LogP contribution in [0.5, 0.6) is 5.75 Å². The lowest BCUT2D eigenvalue weighted by Gasteiger charge is -2.05. The summed E-state index contributed by atoms with van der Waals surface area (Å²) in [5.74, 6) is 1.30. The predicted molar refractivity (Wildman–Crippen MR) is 90.0 cm³/mol. The van der Waals surface area contributed by atoms with E-state index in [-0.39, 0.29) is 5.82 Å². The summed E-state index contributed by atoms with van der Waals surface area (Å²) in [7, 11) is 1.64. The van der Waals surface area contributed by atoms with Crippen LogP contribution in [0.3, 0.4) is 0 Å². The van der Waals surface area contributed by atoms with E-state index < -0.39 is 0 Å². The number of hydrogen-bond donors (Lipinski definition) is 0. The molecule has 0 aliphatic carbocycles. The maximum Gasteiger partial charge on any atom is 0.123 e. The molecule has 1 aromatic heterocycles. The highest BCUT2D eigenvalue weighted by atomic mass is 32.2. The van der Waals surface area contributed by atoms with Gasteiger partial charge in [-0.25, -0.2) is 4.39 Å². The van der Waals surface area contributed by atoms with Gasteiger partial charge < -0.3 is 4.74 Å². The van der Waals surface area contributed by atoms with Crippen molar-refractivity contribution in [2.45, 2.75) is 10.8 Å². The molecule has 0 aliphatic rings. The van der Waals surface area contributed by atoms with Gasteiger partial charge in [-0.15, -0.1) is 10.2 Å². The van der Waals surface area contributed by atoms with Crippen molar-refractivity contribution in [3.8, 4) is 17.0 Å². The van der Waals surface area contributed by atoms with Crippen LogP contribution >= 0.6 is 11.8 Å². The van der Waals surface area contributed by atoms with E-state index in [0.717, 1.165) is 33.3 Å². The van der Waals surface area contributed by atoms with Crippen LogP contribution in [0.4, 0.5) is 4.39 Å². The maximum atomic E-state index is 12.9. The number of ether oxygens (including phenoxy) is 1. The second kappa shape index (κ2) is 7.24. The Hall–Kier alpha value is -2.40. The van der Waals surface area contributed by atoms with Gasteiger partial charge in [0.25, 0.3) is 0 Å². The van der Waals surface area contributed by atoms with Crippen molar-refractivity contribution in [3.63, 3.8) is 0 Å². The van der Waals surface area contributed by atoms with Gasteiger partial charge in [-0.1, -0.05) is 36.0 Å². The standard InChI is InChI=1S/C18H15FN2OS/c1-22-16-4-2-3-14(11-16)17-9-10-18(21-20-17)23-12-13-5-7-15(19)8-6-13/h2-11H,12H2,1H3. The zero-order valence-electron chi connectivity index (χ0n) is 12.6. The van der Waals surface area contributed by atoms with Gasteiger partial charge in [0.15, 0.2) is 0 Å². The van der Waals surface area contributed by atoms with Gasteiger partial charge in [-0.05, 0) is 42.0 Å². The third-order valence-corrected chi connectivity index (χ3v) is 4.30. The van der Waals surface area contributed by atoms with Crippen LogP contribution in [-0.2, 0) is 5.75 Å². The SMILES string of the molecule is COc1cccc(-c2ccc(SCc3ccc(F)cc3)nn2)c1. The second-order valence-electron chi connectivity index (χ2n) is 4.90. The van der Waals surface area contributed by atoms with Gasteiger partial charge in [-0.2, -0.15) is 0 Å². The third kappa shape index (κ3) is 4.07. The zero-order chi connectivity index (χ0) is 16.1. The highest BCUT2D eigenvalue weighted by molar-refractivity contribution is 7.98. The van der Waals surface area contributed by atoms with E-state index in [4.69, 9.17) is 4.74 Å². The first-order chi connectivity index (χ1) is 11.2. The Kier molecular flexibility index (Phi) is 4.88. The highest BCUT2D eigenvalue weighted by Gasteiger charge is 2.04. The minimum absolute atomic E-state index is 0.221. The fourth-order valence-electron chi connectivity index (χ4n) is 2.07. The van der Waals surface area contributed by atoms with E-state index in [1.807, 2.05) is 36.4 Å². The quantitative estimate of drug-likeness (QED) is 0.643. The van der Waals surface area contributed by atoms with Crippen LogP contribution < -0.4 is 4.74 Å². The molecule has 0 bridgehead atoms. The topological polar surface area (TPSA) is 35.0 Å². The molecule has 0 aliphatic heterocycles. The molecule has 0 atom stereocenters. The minimum atomic E-state index is -0.221. The molecule has 1 heterocycles. The van der Waals surface area contributed by atoms with Crippen molar-refractivity contribution in [2.75, 3.05) is 7.11 Å². The second-order valence-corrected chi connectivity index (χ2v) is 5.90. The molecule has 3 aromatic rings. The Morgan fingerprint density at radius 1 is 1.00 bits per heavy atom. The lowest BCUT2D eigenvalue weighted by molar-refractivity contribution is 0.415. The molecule has 5 heteroatoms. The van der Waals surface area contributed by atoms with Gasteiger partial charge in [0.05, 0.1) is 12.8 Å². The molecule has 3 nitrogen and oxygen atoms in total. The van der Waals surface area contributed by atoms with Crippen LogP contribution in [0, 0.1) is 5.82 Å². The fraction of sp³-hybridized carbons (Fsp3) is 0.111. The van der Waals surface area contributed by atoms with Crippen molar-refractivity contribution >= 4 is 11.8 Å². The van der Waals surface area contributed by atoms with Gasteiger partial charge in [0.1, 0.15) is 16.6 Å². The number of hydrogen-bond acceptors (Lipinski definition) is 4. The molecule has 116 valence electrons. The molecule has 0 amide bonds. The first-order valence-electron chi connectivity index (χ1n) is 7.10. The van der Waals surface area contributed by atoms with Crippen LogP contribution in [0.1, 0.15) is 5.56 Å². The number of halogens is 1. The lowest BCUT2D eigenvalue weighted by atomic mass is 10.1. The minimum Gasteiger partial charge on any atom is -0.497 e. The van der Waals surface area contributed by atoms with E-state index >= 15 is 0 Å². The summed E-state index contributed by atoms with van der Waals surface area (Å²) in [6.07, 6.45) is 0. The maximum absolute atomic E-state index is 12.9. The van der Waals surface area contributed by atoms with E-state index in [9.17, 15) is 4.39 Å². The number of rotatable bonds is 5. The number of benzene rings is 2. The summed E-state index contributed by atoms with van der Waals surface area (Å²) in [5, 5.41) is 9.34. The largest absolute Gasteiger partial charge is 0.497 e. The normalized spacial score (nSPS) is 10.5. The van der Waals surface area contributed by atoms with Crippen molar-refractivity contribution in [3.05, 3.63) is 72.0 Å².